The molecular weight excluding hydrogens is 480 g/mol. The Balaban J connectivity index is 1.54. The zero-order valence-corrected chi connectivity index (χ0v) is 19.5. The second-order valence-electron chi connectivity index (χ2n) is 7.36. The van der Waals surface area contributed by atoms with Crippen molar-refractivity contribution in [1.29, 1.82) is 0 Å². The Hall–Kier alpha value is -3.60. The first kappa shape index (κ1) is 23.6. The molecule has 1 aromatic heterocycles. The minimum absolute atomic E-state index is 0.00612. The van der Waals surface area contributed by atoms with Gasteiger partial charge in [0.1, 0.15) is 5.52 Å². The third kappa shape index (κ3) is 4.84. The summed E-state index contributed by atoms with van der Waals surface area (Å²) in [6.45, 7) is -0.369. The quantitative estimate of drug-likeness (QED) is 0.360. The van der Waals surface area contributed by atoms with Gasteiger partial charge in [0.25, 0.3) is 5.56 Å². The zero-order chi connectivity index (χ0) is 24.3. The van der Waals surface area contributed by atoms with Crippen LogP contribution in [0.5, 0.6) is 0 Å². The van der Waals surface area contributed by atoms with E-state index in [1.807, 2.05) is 30.3 Å². The molecule has 0 fully saturated rings. The highest BCUT2D eigenvalue weighted by Crippen LogP contribution is 2.24. The molecule has 0 radical (unpaired) electrons. The number of hydrogen-bond acceptors (Lipinski definition) is 7. The van der Waals surface area contributed by atoms with Crippen LogP contribution in [0.3, 0.4) is 0 Å². The van der Waals surface area contributed by atoms with Crippen molar-refractivity contribution in [2.45, 2.75) is 18.2 Å². The van der Waals surface area contributed by atoms with Gasteiger partial charge in [-0.05, 0) is 35.9 Å². The van der Waals surface area contributed by atoms with Crippen LogP contribution in [-0.2, 0) is 28.0 Å². The predicted molar refractivity (Wildman–Crippen MR) is 126 cm³/mol. The molecule has 0 aliphatic rings. The lowest BCUT2D eigenvalue weighted by Crippen LogP contribution is -2.27. The molecule has 4 aromatic rings. The number of rotatable bonds is 7. The van der Waals surface area contributed by atoms with Crippen molar-refractivity contribution in [3.05, 3.63) is 99.3 Å². The first-order valence-corrected chi connectivity index (χ1v) is 11.9. The molecule has 0 aliphatic heterocycles. The summed E-state index contributed by atoms with van der Waals surface area (Å²) in [7, 11) is -2.47. The van der Waals surface area contributed by atoms with E-state index >= 15 is 0 Å². The molecule has 0 aliphatic carbocycles. The summed E-state index contributed by atoms with van der Waals surface area (Å²) < 4.78 is 33.3. The number of fused-ring (bicyclic) bond motifs is 1. The molecule has 4 rings (SSSR count). The zero-order valence-electron chi connectivity index (χ0n) is 18.0. The lowest BCUT2D eigenvalue weighted by molar-refractivity contribution is 0.0336. The van der Waals surface area contributed by atoms with E-state index in [9.17, 15) is 18.0 Å². The molecule has 0 saturated carbocycles. The van der Waals surface area contributed by atoms with E-state index < -0.39 is 28.3 Å². The number of carbonyl (C=O) groups is 1. The summed E-state index contributed by atoms with van der Waals surface area (Å²) in [4.78, 5) is 25.1. The summed E-state index contributed by atoms with van der Waals surface area (Å²) in [5, 5.41) is 8.00. The van der Waals surface area contributed by atoms with Crippen LogP contribution >= 0.6 is 11.6 Å². The van der Waals surface area contributed by atoms with Gasteiger partial charge in [0, 0.05) is 13.6 Å². The fraction of sp³-hybridized carbons (Fsp3) is 0.130. The molecule has 11 heteroatoms. The molecule has 0 N–H and O–H groups in total. The molecule has 0 bridgehead atoms. The smallest absolute Gasteiger partial charge is 0.341 e. The van der Waals surface area contributed by atoms with Gasteiger partial charge in [-0.2, -0.15) is 8.99 Å². The van der Waals surface area contributed by atoms with Gasteiger partial charge in [-0.3, -0.25) is 4.79 Å². The fourth-order valence-electron chi connectivity index (χ4n) is 3.23. The van der Waals surface area contributed by atoms with Gasteiger partial charge in [0.15, 0.2) is 6.73 Å². The van der Waals surface area contributed by atoms with Crippen molar-refractivity contribution in [3.63, 3.8) is 0 Å². The van der Waals surface area contributed by atoms with Gasteiger partial charge >= 0.3 is 5.97 Å². The van der Waals surface area contributed by atoms with Crippen molar-refractivity contribution in [1.82, 2.24) is 19.3 Å². The highest BCUT2D eigenvalue weighted by molar-refractivity contribution is 7.89. The number of carbonyl (C=O) groups excluding carboxylic acids is 1. The number of sulfonamides is 1. The van der Waals surface area contributed by atoms with Crippen molar-refractivity contribution in [3.8, 4) is 0 Å². The highest BCUT2D eigenvalue weighted by Gasteiger charge is 2.24. The van der Waals surface area contributed by atoms with Gasteiger partial charge in [-0.25, -0.2) is 13.2 Å². The number of nitrogens with zero attached hydrogens (tertiary/aromatic N) is 4. The molecule has 174 valence electrons. The van der Waals surface area contributed by atoms with E-state index in [4.69, 9.17) is 16.3 Å². The van der Waals surface area contributed by atoms with E-state index in [0.717, 1.165) is 16.3 Å². The SMILES string of the molecule is CN(Cc1ccccc1)S(=O)(=O)c1ccc(Cl)c(C(=O)OCn2nnc3ccccc3c2=O)c1. The van der Waals surface area contributed by atoms with Gasteiger partial charge in [-0.1, -0.05) is 59.3 Å². The molecule has 0 atom stereocenters. The Morgan fingerprint density at radius 3 is 2.53 bits per heavy atom. The largest absolute Gasteiger partial charge is 0.438 e. The maximum Gasteiger partial charge on any atom is 0.341 e. The van der Waals surface area contributed by atoms with Crippen LogP contribution in [0.25, 0.3) is 10.9 Å². The molecule has 3 aromatic carbocycles. The number of ether oxygens (including phenoxy) is 1. The predicted octanol–water partition coefficient (Wildman–Crippen LogP) is 3.08. The molecule has 1 heterocycles. The lowest BCUT2D eigenvalue weighted by atomic mass is 10.2. The second-order valence-corrected chi connectivity index (χ2v) is 9.81. The van der Waals surface area contributed by atoms with Crippen molar-refractivity contribution >= 4 is 38.5 Å². The molecular formula is C23H19ClN4O5S. The average molecular weight is 499 g/mol. The number of hydrogen-bond donors (Lipinski definition) is 0. The van der Waals surface area contributed by atoms with Gasteiger partial charge in [0.2, 0.25) is 10.0 Å². The topological polar surface area (TPSA) is 111 Å². The summed E-state index contributed by atoms with van der Waals surface area (Å²) in [5.41, 5.74) is 0.584. The van der Waals surface area contributed by atoms with E-state index in [2.05, 4.69) is 10.3 Å². The summed E-state index contributed by atoms with van der Waals surface area (Å²) in [6, 6.07) is 19.5. The summed E-state index contributed by atoms with van der Waals surface area (Å²) in [6.07, 6.45) is 0. The van der Waals surface area contributed by atoms with Crippen LogP contribution in [-0.4, -0.2) is 40.7 Å². The molecule has 0 amide bonds. The van der Waals surface area contributed by atoms with Gasteiger partial charge in [0.05, 0.1) is 20.9 Å². The first-order chi connectivity index (χ1) is 16.3. The Morgan fingerprint density at radius 2 is 1.76 bits per heavy atom. The van der Waals surface area contributed by atoms with Crippen LogP contribution in [0.15, 0.2) is 82.5 Å². The van der Waals surface area contributed by atoms with Crippen molar-refractivity contribution in [2.75, 3.05) is 7.05 Å². The van der Waals surface area contributed by atoms with E-state index in [-0.39, 0.29) is 22.0 Å². The monoisotopic (exact) mass is 498 g/mol. The lowest BCUT2D eigenvalue weighted by Gasteiger charge is -2.18. The fourth-order valence-corrected chi connectivity index (χ4v) is 4.61. The molecule has 0 unspecified atom stereocenters. The van der Waals surface area contributed by atoms with Crippen molar-refractivity contribution < 1.29 is 17.9 Å². The number of halogens is 1. The Morgan fingerprint density at radius 1 is 1.06 bits per heavy atom. The summed E-state index contributed by atoms with van der Waals surface area (Å²) >= 11 is 6.14. The summed E-state index contributed by atoms with van der Waals surface area (Å²) in [5.74, 6) is -0.908. The molecule has 0 spiro atoms. The molecule has 34 heavy (non-hydrogen) atoms. The Bertz CT molecular complexity index is 1520. The third-order valence-corrected chi connectivity index (χ3v) is 7.19. The Labute approximate surface area is 200 Å². The minimum Gasteiger partial charge on any atom is -0.438 e. The van der Waals surface area contributed by atoms with Crippen LogP contribution in [0, 0.1) is 0 Å². The highest BCUT2D eigenvalue weighted by atomic mass is 35.5. The average Bonchev–Trinajstić information content (AvgIpc) is 2.84. The van der Waals surface area contributed by atoms with Crippen LogP contribution in [0.4, 0.5) is 0 Å². The third-order valence-electron chi connectivity index (χ3n) is 5.06. The van der Waals surface area contributed by atoms with Crippen LogP contribution in [0.2, 0.25) is 5.02 Å². The minimum atomic E-state index is -3.92. The van der Waals surface area contributed by atoms with E-state index in [0.29, 0.717) is 10.9 Å². The first-order valence-electron chi connectivity index (χ1n) is 10.1. The van der Waals surface area contributed by atoms with E-state index in [1.54, 1.807) is 24.3 Å². The van der Waals surface area contributed by atoms with Gasteiger partial charge in [-0.15, -0.1) is 5.10 Å². The van der Waals surface area contributed by atoms with Crippen LogP contribution < -0.4 is 5.56 Å². The normalized spacial score (nSPS) is 11.6. The van der Waals surface area contributed by atoms with Gasteiger partial charge < -0.3 is 4.74 Å². The maximum atomic E-state index is 13.0. The number of esters is 1. The Kier molecular flexibility index (Phi) is 6.73. The molecule has 0 saturated heterocycles. The van der Waals surface area contributed by atoms with Crippen LogP contribution in [0.1, 0.15) is 15.9 Å². The van der Waals surface area contributed by atoms with Crippen molar-refractivity contribution in [2.24, 2.45) is 0 Å². The number of benzene rings is 3. The second kappa shape index (κ2) is 9.72. The standard InChI is InChI=1S/C23H19ClN4O5S/c1-27(14-16-7-3-2-4-8-16)34(31,32)17-11-12-20(24)19(13-17)23(30)33-15-28-22(29)18-9-5-6-10-21(18)25-26-28/h2-13H,14-15H2,1H3. The number of aromatic nitrogens is 3. The van der Waals surface area contributed by atoms with E-state index in [1.165, 1.54) is 23.5 Å². The molecule has 9 nitrogen and oxygen atoms in total. The maximum absolute atomic E-state index is 13.0.